The Morgan fingerprint density at radius 3 is 0.714 bits per heavy atom. The van der Waals surface area contributed by atoms with Crippen LogP contribution in [0.1, 0.15) is 282 Å². The summed E-state index contributed by atoms with van der Waals surface area (Å²) in [6.07, 6.45) is 24.2. The van der Waals surface area contributed by atoms with Gasteiger partial charge in [0.05, 0.1) is 0 Å². The Balaban J connectivity index is -0.000000186. The largest absolute Gasteiger partial charge is 0.0966 e. The molecule has 77 heavy (non-hydrogen) atoms. The van der Waals surface area contributed by atoms with E-state index in [1.165, 1.54) is 177 Å². The third-order valence-electron chi connectivity index (χ3n) is 11.3. The van der Waals surface area contributed by atoms with Gasteiger partial charge < -0.3 is 0 Å². The summed E-state index contributed by atoms with van der Waals surface area (Å²) in [6, 6.07) is 41.5. The number of unbranched alkanes of at least 4 members (excludes halogenated alkanes) is 11. The molecule has 0 nitrogen and oxygen atoms in total. The second-order valence-electron chi connectivity index (χ2n) is 23.2. The van der Waals surface area contributed by atoms with Crippen molar-refractivity contribution in [2.75, 3.05) is 5.83 Å². The lowest BCUT2D eigenvalue weighted by atomic mass is 9.87. The van der Waals surface area contributed by atoms with Crippen LogP contribution in [0.4, 0.5) is 0 Å². The summed E-state index contributed by atoms with van der Waals surface area (Å²) in [6.45, 7) is 54.2. The first-order valence-electron chi connectivity index (χ1n) is 31.0. The fraction of sp³-hybridized carbons (Fsp3) is 0.605. The Labute approximate surface area is 494 Å². The Kier molecular flexibility index (Phi) is 66.4. The molecule has 444 valence electrons. The summed E-state index contributed by atoms with van der Waals surface area (Å²) in [5, 5.41) is 0. The molecule has 0 heterocycles. The molecule has 0 saturated carbocycles. The van der Waals surface area contributed by atoms with E-state index < -0.39 is 0 Å². The van der Waals surface area contributed by atoms with Crippen molar-refractivity contribution < 1.29 is 0 Å². The molecule has 0 aromatic heterocycles. The quantitative estimate of drug-likeness (QED) is 0.0724. The normalized spacial score (nSPS) is 9.65. The second kappa shape index (κ2) is 60.2. The van der Waals surface area contributed by atoms with Crippen LogP contribution in [0.5, 0.6) is 0 Å². The van der Waals surface area contributed by atoms with Gasteiger partial charge in [-0.2, -0.15) is 0 Å². The van der Waals surface area contributed by atoms with Gasteiger partial charge in [0, 0.05) is 0 Å². The van der Waals surface area contributed by atoms with Crippen molar-refractivity contribution in [3.63, 3.8) is 0 Å². The van der Waals surface area contributed by atoms with Gasteiger partial charge in [0.25, 0.3) is 0 Å². The lowest BCUT2D eigenvalue weighted by molar-refractivity contribution is 0.469. The Hall–Kier alpha value is -3.42. The van der Waals surface area contributed by atoms with Gasteiger partial charge in [-0.3, -0.25) is 0 Å². The predicted molar refractivity (Wildman–Crippen MR) is 367 cm³/mol. The Morgan fingerprint density at radius 1 is 0.273 bits per heavy atom. The van der Waals surface area contributed by atoms with E-state index in [1.807, 2.05) is 19.7 Å². The number of rotatable bonds is 15. The zero-order valence-electron chi connectivity index (χ0n) is 56.6. The van der Waals surface area contributed by atoms with Gasteiger partial charge in [0.2, 0.25) is 0 Å². The summed E-state index contributed by atoms with van der Waals surface area (Å²) in [5.41, 5.74) is 15.9. The molecule has 0 radical (unpaired) electrons. The van der Waals surface area contributed by atoms with Gasteiger partial charge in [-0.25, -0.2) is 0 Å². The van der Waals surface area contributed by atoms with E-state index in [0.717, 1.165) is 0 Å². The van der Waals surface area contributed by atoms with Crippen molar-refractivity contribution in [3.8, 4) is 0 Å². The molecule has 0 spiro atoms. The average Bonchev–Trinajstić information content (AvgIpc) is 3.38. The molecule has 0 unspecified atom stereocenters. The predicted octanol–water partition coefficient (Wildman–Crippen LogP) is 26.7. The average molecular weight is 1130 g/mol. The fourth-order valence-corrected chi connectivity index (χ4v) is 6.57. The number of benzene rings is 5. The number of aryl methyl sites for hydroxylation is 10. The van der Waals surface area contributed by atoms with E-state index in [-0.39, 0.29) is 5.41 Å². The van der Waals surface area contributed by atoms with Gasteiger partial charge >= 0.3 is 0 Å². The number of hydrogen-bond acceptors (Lipinski definition) is 0. The van der Waals surface area contributed by atoms with Crippen LogP contribution < -0.4 is 0 Å². The van der Waals surface area contributed by atoms with Crippen LogP contribution in [-0.4, -0.2) is 5.83 Å². The van der Waals surface area contributed by atoms with Crippen LogP contribution in [0.3, 0.4) is 0 Å². The molecule has 5 aromatic carbocycles. The van der Waals surface area contributed by atoms with Crippen molar-refractivity contribution >= 4 is 15.9 Å². The van der Waals surface area contributed by atoms with Crippen molar-refractivity contribution in [3.05, 3.63) is 176 Å². The minimum Gasteiger partial charge on any atom is -0.0966 e. The summed E-state index contributed by atoms with van der Waals surface area (Å²) in [5.74, 6) is 1.81. The molecular formula is C76H133Br. The highest BCUT2D eigenvalue weighted by molar-refractivity contribution is 9.08. The van der Waals surface area contributed by atoms with Crippen molar-refractivity contribution in [1.29, 1.82) is 0 Å². The minimum atomic E-state index is 0.285. The lowest BCUT2D eigenvalue weighted by Gasteiger charge is -2.18. The first-order chi connectivity index (χ1) is 36.4. The molecule has 0 amide bonds. The van der Waals surface area contributed by atoms with E-state index in [0.29, 0.717) is 5.41 Å². The molecule has 0 atom stereocenters. The zero-order valence-corrected chi connectivity index (χ0v) is 58.2. The van der Waals surface area contributed by atoms with Gasteiger partial charge in [0.15, 0.2) is 0 Å². The fourth-order valence-electron chi connectivity index (χ4n) is 6.57. The van der Waals surface area contributed by atoms with E-state index in [9.17, 15) is 0 Å². The summed E-state index contributed by atoms with van der Waals surface area (Å²) >= 11 is 2.94. The molecule has 0 aliphatic heterocycles. The summed E-state index contributed by atoms with van der Waals surface area (Å²) in [7, 11) is 0. The van der Waals surface area contributed by atoms with Gasteiger partial charge in [-0.05, 0) is 114 Å². The van der Waals surface area contributed by atoms with Crippen LogP contribution in [0, 0.1) is 60.8 Å². The molecular weight excluding hydrogens is 993 g/mol. The molecule has 5 rings (SSSR count). The molecule has 0 bridgehead atoms. The molecule has 0 aliphatic rings. The standard InChI is InChI=1S/C13H20.2C11H16.C9H12.C8H10.C7H16.2C5H12.C4H10.C2H6.CH3Br/c1-3-4-5-6-7-13-10-8-12(2)9-11-13;1-9-5-7-10(8-6-9)11(2,3)4;1-3-4-5-11-8-6-10(2)7-9-11;1-7-4-8(2)6-9(3)5-7;1-7-3-5-8(2)6-4-7;1-3-5-7-6-4-2;1-5(2,3)4;1-3-5-4-2;1-3-4-2;2*1-2/h8-11H,3-7H2,1-2H3;5-8H,1-4H3;6-9H,3-5H2,1-2H3;4-6H,1-3H3;3-6H,1-2H3;3-7H2,1-2H3;1-4H3;3-5H2,1-2H3;3-4H2,1-2H3;1-2H3;1H3. The number of alkyl halides is 1. The first kappa shape index (κ1) is 84.9. The lowest BCUT2D eigenvalue weighted by Crippen LogP contribution is -2.10. The van der Waals surface area contributed by atoms with Crippen LogP contribution in [0.2, 0.25) is 0 Å². The molecule has 0 N–H and O–H groups in total. The molecule has 5 aromatic rings. The van der Waals surface area contributed by atoms with Crippen LogP contribution in [0.25, 0.3) is 0 Å². The number of hydrogen-bond donors (Lipinski definition) is 0. The van der Waals surface area contributed by atoms with E-state index in [4.69, 9.17) is 0 Å². The maximum absolute atomic E-state index is 2.94. The molecule has 1 heteroatoms. The maximum atomic E-state index is 2.94. The Bertz CT molecular complexity index is 1780. The van der Waals surface area contributed by atoms with E-state index in [1.54, 1.807) is 0 Å². The topological polar surface area (TPSA) is 0 Å². The van der Waals surface area contributed by atoms with Gasteiger partial charge in [-0.1, -0.05) is 383 Å². The monoisotopic (exact) mass is 1120 g/mol. The highest BCUT2D eigenvalue weighted by Gasteiger charge is 2.12. The van der Waals surface area contributed by atoms with E-state index in [2.05, 4.69) is 290 Å². The highest BCUT2D eigenvalue weighted by atomic mass is 79.9. The van der Waals surface area contributed by atoms with Crippen molar-refractivity contribution in [2.45, 2.75) is 294 Å². The third kappa shape index (κ3) is 70.6. The maximum Gasteiger partial charge on any atom is -0.00848 e. The van der Waals surface area contributed by atoms with Crippen LogP contribution in [0.15, 0.2) is 115 Å². The van der Waals surface area contributed by atoms with E-state index >= 15 is 0 Å². The molecule has 0 aliphatic carbocycles. The molecule has 0 saturated heterocycles. The Morgan fingerprint density at radius 2 is 0.494 bits per heavy atom. The van der Waals surface area contributed by atoms with Crippen LogP contribution >= 0.6 is 15.9 Å². The second-order valence-corrected chi connectivity index (χ2v) is 23.2. The van der Waals surface area contributed by atoms with Crippen LogP contribution in [-0.2, 0) is 18.3 Å². The SMILES string of the molecule is CBr.CC.CC(C)(C)C.CCCC.CCCCC.CCCCCCC.CCCCCCc1ccc(C)cc1.CCCCc1ccc(C)cc1.Cc1cc(C)cc(C)c1.Cc1ccc(C(C)(C)C)cc1.Cc1ccc(C)cc1. The summed E-state index contributed by atoms with van der Waals surface area (Å²) in [4.78, 5) is 0. The molecule has 0 fully saturated rings. The first-order valence-corrected chi connectivity index (χ1v) is 32.6. The van der Waals surface area contributed by atoms with Gasteiger partial charge in [-0.15, -0.1) is 0 Å². The van der Waals surface area contributed by atoms with Gasteiger partial charge in [0.1, 0.15) is 0 Å². The third-order valence-corrected chi connectivity index (χ3v) is 11.3. The summed E-state index contributed by atoms with van der Waals surface area (Å²) < 4.78 is 0. The van der Waals surface area contributed by atoms with Crippen molar-refractivity contribution in [1.82, 2.24) is 0 Å². The minimum absolute atomic E-state index is 0.285. The highest BCUT2D eigenvalue weighted by Crippen LogP contribution is 2.22. The smallest absolute Gasteiger partial charge is 0.00848 e. The van der Waals surface area contributed by atoms with Crippen molar-refractivity contribution in [2.24, 2.45) is 5.41 Å². The number of halogens is 1. The zero-order chi connectivity index (χ0) is 60.5.